The summed E-state index contributed by atoms with van der Waals surface area (Å²) in [6.07, 6.45) is 0.465. The zero-order valence-electron chi connectivity index (χ0n) is 9.87. The number of amides is 4. The van der Waals surface area contributed by atoms with Gasteiger partial charge < -0.3 is 15.5 Å². The molecule has 3 N–H and O–H groups in total. The summed E-state index contributed by atoms with van der Waals surface area (Å²) in [5.41, 5.74) is -0.916. The molecule has 0 radical (unpaired) electrons. The van der Waals surface area contributed by atoms with Crippen LogP contribution in [0.3, 0.4) is 0 Å². The number of urea groups is 1. The van der Waals surface area contributed by atoms with Crippen LogP contribution in [0.2, 0.25) is 0 Å². The predicted octanol–water partition coefficient (Wildman–Crippen LogP) is -1.60. The number of nitrogens with zero attached hydrogens (tertiary/aromatic N) is 1. The zero-order valence-corrected chi connectivity index (χ0v) is 9.87. The summed E-state index contributed by atoms with van der Waals surface area (Å²) >= 11 is 0. The summed E-state index contributed by atoms with van der Waals surface area (Å²) < 4.78 is 0. The van der Waals surface area contributed by atoms with E-state index >= 15 is 0 Å². The van der Waals surface area contributed by atoms with Gasteiger partial charge in [-0.05, 0) is 20.4 Å². The van der Waals surface area contributed by atoms with Crippen molar-refractivity contribution in [2.24, 2.45) is 0 Å². The van der Waals surface area contributed by atoms with Gasteiger partial charge in [-0.3, -0.25) is 14.9 Å². The molecule has 7 nitrogen and oxygen atoms in total. The fourth-order valence-corrected chi connectivity index (χ4v) is 2.21. The van der Waals surface area contributed by atoms with E-state index in [9.17, 15) is 14.4 Å². The van der Waals surface area contributed by atoms with E-state index in [1.165, 1.54) is 0 Å². The normalized spacial score (nSPS) is 29.4. The summed E-state index contributed by atoms with van der Waals surface area (Å²) in [6.45, 7) is 2.49. The van der Waals surface area contributed by atoms with Gasteiger partial charge in [0.05, 0.1) is 12.6 Å². The fraction of sp³-hybridized carbons (Fsp3) is 0.700. The molecule has 1 spiro atoms. The summed E-state index contributed by atoms with van der Waals surface area (Å²) in [7, 11) is 1.71. The molecule has 2 unspecified atom stereocenters. The van der Waals surface area contributed by atoms with Gasteiger partial charge in [-0.15, -0.1) is 0 Å². The average Bonchev–Trinajstić information content (AvgIpc) is 2.83. The Morgan fingerprint density at radius 3 is 2.76 bits per heavy atom. The Kier molecular flexibility index (Phi) is 2.78. The van der Waals surface area contributed by atoms with Gasteiger partial charge in [0.2, 0.25) is 5.91 Å². The van der Waals surface area contributed by atoms with Crippen molar-refractivity contribution in [2.75, 3.05) is 20.1 Å². The Labute approximate surface area is 98.9 Å². The second-order valence-electron chi connectivity index (χ2n) is 4.51. The number of likely N-dealkylation sites (tertiary alicyclic amines) is 1. The number of rotatable bonds is 2. The second kappa shape index (κ2) is 3.99. The van der Waals surface area contributed by atoms with E-state index in [1.54, 1.807) is 18.9 Å². The van der Waals surface area contributed by atoms with E-state index in [4.69, 9.17) is 0 Å². The molecule has 0 aromatic rings. The van der Waals surface area contributed by atoms with E-state index in [0.717, 1.165) is 0 Å². The highest BCUT2D eigenvalue weighted by molar-refractivity contribution is 6.07. The Bertz CT molecular complexity index is 384. The van der Waals surface area contributed by atoms with Crippen molar-refractivity contribution >= 4 is 17.8 Å². The zero-order chi connectivity index (χ0) is 12.6. The van der Waals surface area contributed by atoms with E-state index < -0.39 is 11.6 Å². The molecule has 2 aliphatic rings. The maximum atomic E-state index is 11.9. The van der Waals surface area contributed by atoms with Crippen molar-refractivity contribution in [1.82, 2.24) is 20.9 Å². The molecule has 94 valence electrons. The molecule has 4 amide bonds. The largest absolute Gasteiger partial charge is 0.338 e. The molecule has 2 saturated heterocycles. The second-order valence-corrected chi connectivity index (χ2v) is 4.51. The highest BCUT2D eigenvalue weighted by Gasteiger charge is 2.51. The van der Waals surface area contributed by atoms with Gasteiger partial charge in [0.1, 0.15) is 5.54 Å². The van der Waals surface area contributed by atoms with E-state index in [-0.39, 0.29) is 24.4 Å². The number of carbonyl (C=O) groups excluding carboxylic acids is 3. The monoisotopic (exact) mass is 240 g/mol. The first-order chi connectivity index (χ1) is 7.98. The lowest BCUT2D eigenvalue weighted by molar-refractivity contribution is -0.132. The highest BCUT2D eigenvalue weighted by Crippen LogP contribution is 2.24. The molecule has 2 atom stereocenters. The SMILES string of the molecule is CNC(C)C(=O)N1CCC2(C1)NC(=O)NC2=O. The van der Waals surface area contributed by atoms with Crippen LogP contribution in [0, 0.1) is 0 Å². The standard InChI is InChI=1S/C10H16N4O3/c1-6(11-2)7(15)14-4-3-10(5-14)8(16)12-9(17)13-10/h6,11H,3-5H2,1-2H3,(H2,12,13,16,17). The molecule has 7 heteroatoms. The van der Waals surface area contributed by atoms with Crippen molar-refractivity contribution in [2.45, 2.75) is 24.9 Å². The Hall–Kier alpha value is -1.63. The van der Waals surface area contributed by atoms with Crippen molar-refractivity contribution in [3.05, 3.63) is 0 Å². The van der Waals surface area contributed by atoms with Crippen LogP contribution >= 0.6 is 0 Å². The minimum Gasteiger partial charge on any atom is -0.338 e. The Balaban J connectivity index is 2.07. The van der Waals surface area contributed by atoms with Crippen LogP contribution in [0.25, 0.3) is 0 Å². The van der Waals surface area contributed by atoms with Crippen molar-refractivity contribution < 1.29 is 14.4 Å². The maximum Gasteiger partial charge on any atom is 0.322 e. The lowest BCUT2D eigenvalue weighted by Gasteiger charge is -2.23. The summed E-state index contributed by atoms with van der Waals surface area (Å²) in [5, 5.41) is 7.68. The van der Waals surface area contributed by atoms with Crippen LogP contribution in [-0.2, 0) is 9.59 Å². The van der Waals surface area contributed by atoms with E-state index in [1.807, 2.05) is 0 Å². The lowest BCUT2D eigenvalue weighted by atomic mass is 9.99. The third-order valence-corrected chi connectivity index (χ3v) is 3.40. The number of hydrogen-bond donors (Lipinski definition) is 3. The van der Waals surface area contributed by atoms with Crippen LogP contribution in [0.5, 0.6) is 0 Å². The number of likely N-dealkylation sites (N-methyl/N-ethyl adjacent to an activating group) is 1. The van der Waals surface area contributed by atoms with E-state index in [2.05, 4.69) is 16.0 Å². The topological polar surface area (TPSA) is 90.5 Å². The van der Waals surface area contributed by atoms with Crippen molar-refractivity contribution in [3.8, 4) is 0 Å². The van der Waals surface area contributed by atoms with Crippen LogP contribution in [0.1, 0.15) is 13.3 Å². The van der Waals surface area contributed by atoms with Gasteiger partial charge in [0, 0.05) is 6.54 Å². The van der Waals surface area contributed by atoms with Crippen molar-refractivity contribution in [1.29, 1.82) is 0 Å². The molecule has 0 aliphatic carbocycles. The van der Waals surface area contributed by atoms with Gasteiger partial charge in [-0.2, -0.15) is 0 Å². The molecule has 2 heterocycles. The quantitative estimate of drug-likeness (QED) is 0.507. The molecule has 2 rings (SSSR count). The fourth-order valence-electron chi connectivity index (χ4n) is 2.21. The summed E-state index contributed by atoms with van der Waals surface area (Å²) in [4.78, 5) is 36.3. The third-order valence-electron chi connectivity index (χ3n) is 3.40. The first kappa shape index (κ1) is 11.8. The van der Waals surface area contributed by atoms with Gasteiger partial charge in [0.25, 0.3) is 5.91 Å². The Morgan fingerprint density at radius 1 is 1.53 bits per heavy atom. The van der Waals surface area contributed by atoms with Gasteiger partial charge >= 0.3 is 6.03 Å². The van der Waals surface area contributed by atoms with Gasteiger partial charge in [-0.1, -0.05) is 0 Å². The average molecular weight is 240 g/mol. The van der Waals surface area contributed by atoms with Crippen LogP contribution in [0.4, 0.5) is 4.79 Å². The molecule has 0 saturated carbocycles. The minimum absolute atomic E-state index is 0.0571. The Morgan fingerprint density at radius 2 is 2.24 bits per heavy atom. The van der Waals surface area contributed by atoms with Crippen LogP contribution in [0.15, 0.2) is 0 Å². The molecular weight excluding hydrogens is 224 g/mol. The number of carbonyl (C=O) groups is 3. The van der Waals surface area contributed by atoms with Crippen molar-refractivity contribution in [3.63, 3.8) is 0 Å². The van der Waals surface area contributed by atoms with Gasteiger partial charge in [-0.25, -0.2) is 4.79 Å². The van der Waals surface area contributed by atoms with Crippen LogP contribution < -0.4 is 16.0 Å². The third kappa shape index (κ3) is 1.86. The molecular formula is C10H16N4O3. The molecule has 0 aromatic heterocycles. The first-order valence-electron chi connectivity index (χ1n) is 5.58. The van der Waals surface area contributed by atoms with Crippen LogP contribution in [-0.4, -0.2) is 54.5 Å². The molecule has 0 aromatic carbocycles. The van der Waals surface area contributed by atoms with E-state index in [0.29, 0.717) is 13.0 Å². The van der Waals surface area contributed by atoms with Gasteiger partial charge in [0.15, 0.2) is 0 Å². The molecule has 0 bridgehead atoms. The molecule has 2 aliphatic heterocycles. The highest BCUT2D eigenvalue weighted by atomic mass is 16.2. The number of imide groups is 1. The maximum absolute atomic E-state index is 11.9. The smallest absolute Gasteiger partial charge is 0.322 e. The summed E-state index contributed by atoms with van der Waals surface area (Å²) in [6, 6.07) is -0.767. The minimum atomic E-state index is -0.916. The molecule has 2 fully saturated rings. The number of hydrogen-bond acceptors (Lipinski definition) is 4. The summed E-state index contributed by atoms with van der Waals surface area (Å²) in [5.74, 6) is -0.395. The lowest BCUT2D eigenvalue weighted by Crippen LogP contribution is -2.51. The first-order valence-corrected chi connectivity index (χ1v) is 5.58. The molecule has 17 heavy (non-hydrogen) atoms. The number of nitrogens with one attached hydrogen (secondary N) is 3. The predicted molar refractivity (Wildman–Crippen MR) is 59.1 cm³/mol.